The molecule has 4 rings (SSSR count). The van der Waals surface area contributed by atoms with E-state index in [-0.39, 0.29) is 22.1 Å². The third-order valence-electron chi connectivity index (χ3n) is 5.30. The number of nitrogens with zero attached hydrogens (tertiary/aromatic N) is 2. The minimum absolute atomic E-state index is 0.108. The number of rotatable bonds is 7. The zero-order chi connectivity index (χ0) is 25.8. The van der Waals surface area contributed by atoms with Gasteiger partial charge in [0.2, 0.25) is 0 Å². The molecule has 36 heavy (non-hydrogen) atoms. The molecule has 184 valence electrons. The monoisotopic (exact) mass is 514 g/mol. The van der Waals surface area contributed by atoms with E-state index < -0.39 is 34.8 Å². The van der Waals surface area contributed by atoms with Crippen LogP contribution < -0.4 is 9.64 Å². The molecule has 5 nitrogen and oxygen atoms in total. The van der Waals surface area contributed by atoms with Crippen LogP contribution in [-0.4, -0.2) is 29.7 Å². The van der Waals surface area contributed by atoms with Gasteiger partial charge in [0.25, 0.3) is 0 Å². The zero-order valence-corrected chi connectivity index (χ0v) is 19.6. The first-order valence-corrected chi connectivity index (χ1v) is 11.4. The average Bonchev–Trinajstić information content (AvgIpc) is 3.31. The lowest BCUT2D eigenvalue weighted by Gasteiger charge is -2.22. The predicted molar refractivity (Wildman–Crippen MR) is 128 cm³/mol. The Labute approximate surface area is 207 Å². The Bertz CT molecular complexity index is 1490. The van der Waals surface area contributed by atoms with Gasteiger partial charge in [0.1, 0.15) is 11.3 Å². The van der Waals surface area contributed by atoms with Gasteiger partial charge in [0.15, 0.2) is 28.3 Å². The van der Waals surface area contributed by atoms with Gasteiger partial charge in [0.05, 0.1) is 11.8 Å². The molecule has 1 heterocycles. The summed E-state index contributed by atoms with van der Waals surface area (Å²) >= 11 is 0.884. The molecule has 0 aliphatic carbocycles. The van der Waals surface area contributed by atoms with Crippen molar-refractivity contribution < 1.29 is 32.2 Å². The summed E-state index contributed by atoms with van der Waals surface area (Å²) in [5.74, 6) is -0.560. The third kappa shape index (κ3) is 5.58. The number of thiazole rings is 1. The van der Waals surface area contributed by atoms with Crippen molar-refractivity contribution in [3.63, 3.8) is 0 Å². The Morgan fingerprint density at radius 3 is 2.42 bits per heavy atom. The smallest absolute Gasteiger partial charge is 0.382 e. The Morgan fingerprint density at radius 1 is 1.03 bits per heavy atom. The van der Waals surface area contributed by atoms with E-state index in [1.807, 2.05) is 5.92 Å². The van der Waals surface area contributed by atoms with Gasteiger partial charge in [-0.15, -0.1) is 0 Å². The highest BCUT2D eigenvalue weighted by Crippen LogP contribution is 2.34. The van der Waals surface area contributed by atoms with Crippen molar-refractivity contribution in [2.24, 2.45) is 0 Å². The number of ether oxygens (including phenoxy) is 1. The number of benzene rings is 3. The van der Waals surface area contributed by atoms with Crippen molar-refractivity contribution in [1.29, 1.82) is 0 Å². The number of methoxy groups -OCH3 is 1. The van der Waals surface area contributed by atoms with Gasteiger partial charge < -0.3 is 14.7 Å². The molecule has 0 aliphatic heterocycles. The van der Waals surface area contributed by atoms with E-state index in [9.17, 15) is 22.4 Å². The Balaban J connectivity index is 1.65. The minimum Gasteiger partial charge on any atom is -0.494 e. The van der Waals surface area contributed by atoms with Crippen LogP contribution in [0.25, 0.3) is 10.2 Å². The Morgan fingerprint density at radius 2 is 1.75 bits per heavy atom. The number of anilines is 1. The number of hydrogen-bond acceptors (Lipinski definition) is 5. The lowest BCUT2D eigenvalue weighted by Crippen LogP contribution is -2.25. The van der Waals surface area contributed by atoms with E-state index in [4.69, 9.17) is 9.84 Å². The number of halogens is 4. The maximum atomic E-state index is 14.3. The van der Waals surface area contributed by atoms with E-state index in [0.717, 1.165) is 16.9 Å². The van der Waals surface area contributed by atoms with Crippen LogP contribution in [0.3, 0.4) is 0 Å². The van der Waals surface area contributed by atoms with Crippen molar-refractivity contribution in [1.82, 2.24) is 4.98 Å². The molecule has 0 fully saturated rings. The maximum absolute atomic E-state index is 14.3. The first kappa shape index (κ1) is 25.0. The molecule has 10 heteroatoms. The fourth-order valence-corrected chi connectivity index (χ4v) is 4.51. The van der Waals surface area contributed by atoms with Gasteiger partial charge in [-0.05, 0) is 41.8 Å². The first-order chi connectivity index (χ1) is 17.2. The summed E-state index contributed by atoms with van der Waals surface area (Å²) in [5, 5.41) is 8.96. The van der Waals surface area contributed by atoms with E-state index in [2.05, 4.69) is 10.9 Å². The second-order valence-corrected chi connectivity index (χ2v) is 8.70. The highest BCUT2D eigenvalue weighted by atomic mass is 32.1. The number of fused-ring (bicyclic) bond motifs is 1. The largest absolute Gasteiger partial charge is 0.494 e. The molecule has 0 amide bonds. The van der Waals surface area contributed by atoms with Crippen LogP contribution in [0.1, 0.15) is 16.7 Å². The molecule has 3 aromatic carbocycles. The van der Waals surface area contributed by atoms with Gasteiger partial charge in [-0.1, -0.05) is 35.5 Å². The average molecular weight is 515 g/mol. The van der Waals surface area contributed by atoms with Crippen molar-refractivity contribution in [2.45, 2.75) is 13.0 Å². The molecule has 0 saturated carbocycles. The van der Waals surface area contributed by atoms with E-state index >= 15 is 0 Å². The molecule has 1 N–H and O–H groups in total. The lowest BCUT2D eigenvalue weighted by molar-refractivity contribution is -0.130. The molecular weight excluding hydrogens is 496 g/mol. The predicted octanol–water partition coefficient (Wildman–Crippen LogP) is 5.55. The first-order valence-electron chi connectivity index (χ1n) is 10.6. The second-order valence-electron chi connectivity index (χ2n) is 7.72. The molecule has 0 aliphatic rings. The molecule has 0 radical (unpaired) electrons. The second kappa shape index (κ2) is 10.7. The van der Waals surface area contributed by atoms with Crippen LogP contribution in [0.5, 0.6) is 5.75 Å². The molecule has 0 atom stereocenters. The summed E-state index contributed by atoms with van der Waals surface area (Å²) < 4.78 is 61.3. The van der Waals surface area contributed by atoms with E-state index in [0.29, 0.717) is 30.2 Å². The summed E-state index contributed by atoms with van der Waals surface area (Å²) in [5.41, 5.74) is 1.55. The molecule has 0 spiro atoms. The quantitative estimate of drug-likeness (QED) is 0.199. The summed E-state index contributed by atoms with van der Waals surface area (Å²) in [4.78, 5) is 16.6. The highest BCUT2D eigenvalue weighted by molar-refractivity contribution is 7.22. The van der Waals surface area contributed by atoms with Crippen LogP contribution in [0.4, 0.5) is 22.7 Å². The molecule has 0 saturated heterocycles. The van der Waals surface area contributed by atoms with Crippen LogP contribution in [0.15, 0.2) is 48.5 Å². The third-order valence-corrected chi connectivity index (χ3v) is 6.43. The molecular formula is C26H18F4N2O3S. The van der Waals surface area contributed by atoms with Crippen LogP contribution >= 0.6 is 11.3 Å². The highest BCUT2D eigenvalue weighted by Gasteiger charge is 2.21. The number of carboxylic acids is 1. The van der Waals surface area contributed by atoms with Crippen LogP contribution in [-0.2, 0) is 17.8 Å². The number of aromatic nitrogens is 1. The number of hydrogen-bond donors (Lipinski definition) is 1. The van der Waals surface area contributed by atoms with Crippen molar-refractivity contribution >= 4 is 32.7 Å². The topological polar surface area (TPSA) is 62.7 Å². The van der Waals surface area contributed by atoms with Gasteiger partial charge in [-0.3, -0.25) is 0 Å². The molecule has 1 aromatic heterocycles. The van der Waals surface area contributed by atoms with Gasteiger partial charge in [0, 0.05) is 30.6 Å². The molecule has 0 unspecified atom stereocenters. The van der Waals surface area contributed by atoms with Crippen molar-refractivity contribution in [3.8, 4) is 17.6 Å². The van der Waals surface area contributed by atoms with E-state index in [1.165, 1.54) is 19.2 Å². The fourth-order valence-electron chi connectivity index (χ4n) is 3.52. The van der Waals surface area contributed by atoms with Crippen LogP contribution in [0, 0.1) is 35.1 Å². The maximum Gasteiger partial charge on any atom is 0.382 e. The van der Waals surface area contributed by atoms with Gasteiger partial charge in [-0.2, -0.15) is 0 Å². The standard InChI is InChI=1S/C26H18F4N2O3S/c1-35-21-8-6-16(12-18(21)27)10-11-32(14-17-4-2-15(3-5-17)7-9-22(33)34)26-31-24-23(30)19(28)13-20(29)25(24)36-26/h2-6,8,12-13H,10-11,14H2,1H3,(H,33,34). The van der Waals surface area contributed by atoms with Gasteiger partial charge >= 0.3 is 5.97 Å². The Hall–Kier alpha value is -4.10. The summed E-state index contributed by atoms with van der Waals surface area (Å²) in [7, 11) is 1.37. The summed E-state index contributed by atoms with van der Waals surface area (Å²) in [6.07, 6.45) is 0.373. The number of carboxylic acid groups (broad SMARTS) is 1. The van der Waals surface area contributed by atoms with Crippen molar-refractivity contribution in [3.05, 3.63) is 88.5 Å². The number of aliphatic carboxylic acids is 1. The van der Waals surface area contributed by atoms with Crippen molar-refractivity contribution in [2.75, 3.05) is 18.6 Å². The Kier molecular flexibility index (Phi) is 7.41. The number of carbonyl (C=O) groups is 1. The summed E-state index contributed by atoms with van der Waals surface area (Å²) in [6.45, 7) is 0.564. The lowest BCUT2D eigenvalue weighted by atomic mass is 10.1. The SMILES string of the molecule is COc1ccc(CCN(Cc2ccc(C#CC(=O)O)cc2)c2nc3c(F)c(F)cc(F)c3s2)cc1F. The summed E-state index contributed by atoms with van der Waals surface area (Å²) in [6, 6.07) is 11.8. The zero-order valence-electron chi connectivity index (χ0n) is 18.8. The minimum atomic E-state index is -1.32. The fraction of sp³-hybridized carbons (Fsp3) is 0.154. The van der Waals surface area contributed by atoms with Gasteiger partial charge in [-0.25, -0.2) is 27.3 Å². The molecule has 0 bridgehead atoms. The van der Waals surface area contributed by atoms with Crippen LogP contribution in [0.2, 0.25) is 0 Å². The normalized spacial score (nSPS) is 10.7. The molecule has 4 aromatic rings. The van der Waals surface area contributed by atoms with E-state index in [1.54, 1.807) is 35.2 Å².